The predicted octanol–water partition coefficient (Wildman–Crippen LogP) is 2.59. The molecule has 3 aromatic rings. The lowest BCUT2D eigenvalue weighted by Crippen LogP contribution is -2.15. The van der Waals surface area contributed by atoms with Crippen LogP contribution in [0.3, 0.4) is 0 Å². The fourth-order valence-corrected chi connectivity index (χ4v) is 3.65. The van der Waals surface area contributed by atoms with E-state index in [1.54, 1.807) is 6.92 Å². The number of esters is 1. The number of hydrogen-bond donors (Lipinski definition) is 1. The zero-order valence-electron chi connectivity index (χ0n) is 13.8. The second-order valence-electron chi connectivity index (χ2n) is 5.52. The lowest BCUT2D eigenvalue weighted by atomic mass is 10.2. The van der Waals surface area contributed by atoms with Gasteiger partial charge in [-0.1, -0.05) is 12.1 Å². The smallest absolute Gasteiger partial charge is 0.341 e. The van der Waals surface area contributed by atoms with Crippen molar-refractivity contribution in [3.8, 4) is 0 Å². The topological polar surface area (TPSA) is 89.8 Å². The number of fused-ring (bicyclic) bond motifs is 1. The Hall–Kier alpha value is -2.94. The maximum absolute atomic E-state index is 13.2. The van der Waals surface area contributed by atoms with Crippen LogP contribution in [0.4, 0.5) is 10.1 Å². The molecule has 7 nitrogen and oxygen atoms in total. The van der Waals surface area contributed by atoms with E-state index in [1.807, 2.05) is 0 Å². The molecule has 0 saturated carbocycles. The maximum atomic E-state index is 13.2. The second kappa shape index (κ2) is 7.12. The normalized spacial score (nSPS) is 11.5. The average Bonchev–Trinajstić information content (AvgIpc) is 2.97. The van der Waals surface area contributed by atoms with Gasteiger partial charge in [-0.15, -0.1) is 0 Å². The molecule has 0 atom stereocenters. The molecule has 0 fully saturated rings. The molecule has 9 heteroatoms. The van der Waals surface area contributed by atoms with E-state index in [2.05, 4.69) is 9.82 Å². The Morgan fingerprint density at radius 2 is 2.12 bits per heavy atom. The number of halogens is 1. The van der Waals surface area contributed by atoms with Crippen molar-refractivity contribution in [2.45, 2.75) is 12.7 Å². The number of carbonyl (C=O) groups excluding carboxylic acids is 1. The van der Waals surface area contributed by atoms with Crippen molar-refractivity contribution in [1.82, 2.24) is 9.61 Å². The second-order valence-corrected chi connectivity index (χ2v) is 7.24. The van der Waals surface area contributed by atoms with Gasteiger partial charge in [-0.05, 0) is 36.8 Å². The Kier molecular flexibility index (Phi) is 4.90. The van der Waals surface area contributed by atoms with Gasteiger partial charge >= 0.3 is 5.97 Å². The molecular weight excluding hydrogens is 361 g/mol. The highest BCUT2D eigenvalue weighted by molar-refractivity contribution is 7.91. The lowest BCUT2D eigenvalue weighted by molar-refractivity contribution is 0.0528. The summed E-state index contributed by atoms with van der Waals surface area (Å²) in [5, 5.41) is 4.03. The maximum Gasteiger partial charge on any atom is 0.341 e. The molecule has 0 aliphatic rings. The summed E-state index contributed by atoms with van der Waals surface area (Å²) in [5.41, 5.74) is 1.24. The van der Waals surface area contributed by atoms with Crippen molar-refractivity contribution in [3.05, 3.63) is 65.7 Å². The highest BCUT2D eigenvalue weighted by Crippen LogP contribution is 2.19. The first-order valence-electron chi connectivity index (χ1n) is 7.77. The Bertz CT molecular complexity index is 1060. The first-order chi connectivity index (χ1) is 12.4. The third-order valence-corrected chi connectivity index (χ3v) is 4.80. The summed E-state index contributed by atoms with van der Waals surface area (Å²) in [7, 11) is -3.76. The largest absolute Gasteiger partial charge is 0.462 e. The van der Waals surface area contributed by atoms with Gasteiger partial charge in [0.05, 0.1) is 29.8 Å². The van der Waals surface area contributed by atoms with Gasteiger partial charge in [0.1, 0.15) is 11.4 Å². The van der Waals surface area contributed by atoms with Crippen LogP contribution < -0.4 is 4.72 Å². The lowest BCUT2D eigenvalue weighted by Gasteiger charge is -2.09. The molecule has 0 bridgehead atoms. The average molecular weight is 377 g/mol. The summed E-state index contributed by atoms with van der Waals surface area (Å²) in [6, 6.07) is 8.39. The molecule has 3 rings (SSSR count). The van der Waals surface area contributed by atoms with Crippen LogP contribution in [-0.4, -0.2) is 30.6 Å². The van der Waals surface area contributed by atoms with Crippen LogP contribution in [0.5, 0.6) is 0 Å². The molecule has 2 heterocycles. The number of nitrogens with zero attached hydrogens (tertiary/aromatic N) is 2. The first-order valence-corrected chi connectivity index (χ1v) is 9.42. The summed E-state index contributed by atoms with van der Waals surface area (Å²) < 4.78 is 46.7. The van der Waals surface area contributed by atoms with Crippen LogP contribution in [0.25, 0.3) is 5.52 Å². The fraction of sp³-hybridized carbons (Fsp3) is 0.176. The van der Waals surface area contributed by atoms with Crippen molar-refractivity contribution >= 4 is 27.2 Å². The van der Waals surface area contributed by atoms with Crippen molar-refractivity contribution in [2.24, 2.45) is 0 Å². The van der Waals surface area contributed by atoms with Gasteiger partial charge in [0.15, 0.2) is 0 Å². The van der Waals surface area contributed by atoms with Crippen LogP contribution in [0.15, 0.2) is 48.8 Å². The standard InChI is InChI=1S/C17H16FN3O4S/c1-2-25-17(22)15-10-19-21-7-6-14(9-16(15)21)20-26(23,24)11-12-4-3-5-13(18)8-12/h3-10,20H,2,11H2,1H3. The minimum Gasteiger partial charge on any atom is -0.462 e. The Morgan fingerprint density at radius 3 is 2.85 bits per heavy atom. The van der Waals surface area contributed by atoms with Gasteiger partial charge < -0.3 is 4.74 Å². The zero-order valence-corrected chi connectivity index (χ0v) is 14.7. The number of ether oxygens (including phenoxy) is 1. The molecule has 0 aliphatic carbocycles. The van der Waals surface area contributed by atoms with Crippen molar-refractivity contribution in [2.75, 3.05) is 11.3 Å². The van der Waals surface area contributed by atoms with Gasteiger partial charge in [0.2, 0.25) is 10.0 Å². The van der Waals surface area contributed by atoms with Crippen LogP contribution >= 0.6 is 0 Å². The monoisotopic (exact) mass is 377 g/mol. The number of pyridine rings is 1. The van der Waals surface area contributed by atoms with E-state index in [9.17, 15) is 17.6 Å². The van der Waals surface area contributed by atoms with Gasteiger partial charge in [-0.2, -0.15) is 5.10 Å². The van der Waals surface area contributed by atoms with Crippen LogP contribution in [-0.2, 0) is 20.5 Å². The molecule has 0 radical (unpaired) electrons. The number of nitrogens with one attached hydrogen (secondary N) is 1. The van der Waals surface area contributed by atoms with E-state index in [0.717, 1.165) is 6.07 Å². The highest BCUT2D eigenvalue weighted by atomic mass is 32.2. The molecule has 0 spiro atoms. The van der Waals surface area contributed by atoms with E-state index in [4.69, 9.17) is 4.74 Å². The van der Waals surface area contributed by atoms with E-state index in [0.29, 0.717) is 11.1 Å². The molecule has 26 heavy (non-hydrogen) atoms. The van der Waals surface area contributed by atoms with Crippen LogP contribution in [0.1, 0.15) is 22.8 Å². The summed E-state index contributed by atoms with van der Waals surface area (Å²) >= 11 is 0. The molecule has 0 amide bonds. The summed E-state index contributed by atoms with van der Waals surface area (Å²) in [4.78, 5) is 11.9. The van der Waals surface area contributed by atoms with E-state index in [1.165, 1.54) is 47.2 Å². The van der Waals surface area contributed by atoms with Crippen LogP contribution in [0.2, 0.25) is 0 Å². The van der Waals surface area contributed by atoms with Gasteiger partial charge in [0, 0.05) is 6.20 Å². The molecule has 0 unspecified atom stereocenters. The minimum absolute atomic E-state index is 0.218. The Labute approximate surface area is 149 Å². The number of benzene rings is 1. The van der Waals surface area contributed by atoms with Gasteiger partial charge in [0.25, 0.3) is 0 Å². The number of rotatable bonds is 6. The van der Waals surface area contributed by atoms with Crippen molar-refractivity contribution < 1.29 is 22.3 Å². The predicted molar refractivity (Wildman–Crippen MR) is 93.8 cm³/mol. The summed E-state index contributed by atoms with van der Waals surface area (Å²) in [5.74, 6) is -1.42. The van der Waals surface area contributed by atoms with Crippen LogP contribution in [0, 0.1) is 5.82 Å². The number of aromatic nitrogens is 2. The molecule has 0 saturated heterocycles. The molecule has 1 N–H and O–H groups in total. The van der Waals surface area contributed by atoms with Gasteiger partial charge in [-0.25, -0.2) is 22.1 Å². The third kappa shape index (κ3) is 3.99. The van der Waals surface area contributed by atoms with Crippen molar-refractivity contribution in [1.29, 1.82) is 0 Å². The summed E-state index contributed by atoms with van der Waals surface area (Å²) in [6.45, 7) is 1.91. The van der Waals surface area contributed by atoms with Gasteiger partial charge in [-0.3, -0.25) is 4.72 Å². The highest BCUT2D eigenvalue weighted by Gasteiger charge is 2.16. The van der Waals surface area contributed by atoms with E-state index in [-0.39, 0.29) is 23.6 Å². The Balaban J connectivity index is 1.86. The molecule has 136 valence electrons. The number of sulfonamides is 1. The number of carbonyl (C=O) groups is 1. The Morgan fingerprint density at radius 1 is 1.31 bits per heavy atom. The van der Waals surface area contributed by atoms with E-state index < -0.39 is 21.8 Å². The molecular formula is C17H16FN3O4S. The number of anilines is 1. The fourth-order valence-electron chi connectivity index (χ4n) is 2.47. The minimum atomic E-state index is -3.76. The zero-order chi connectivity index (χ0) is 18.7. The first kappa shape index (κ1) is 17.9. The van der Waals surface area contributed by atoms with E-state index >= 15 is 0 Å². The molecule has 0 aliphatic heterocycles. The summed E-state index contributed by atoms with van der Waals surface area (Å²) in [6.07, 6.45) is 2.89. The van der Waals surface area contributed by atoms with Crippen molar-refractivity contribution in [3.63, 3.8) is 0 Å². The molecule has 1 aromatic carbocycles. The number of hydrogen-bond acceptors (Lipinski definition) is 5. The quantitative estimate of drug-likeness (QED) is 0.667. The SMILES string of the molecule is CCOC(=O)c1cnn2ccc(NS(=O)(=O)Cc3cccc(F)c3)cc12. The molecule has 2 aromatic heterocycles. The third-order valence-electron chi connectivity index (χ3n) is 3.54.